The topological polar surface area (TPSA) is 101 Å². The smallest absolute Gasteiger partial charge is 0.261 e. The van der Waals surface area contributed by atoms with Crippen LogP contribution >= 0.6 is 11.6 Å². The van der Waals surface area contributed by atoms with Gasteiger partial charge in [0.2, 0.25) is 0 Å². The Labute approximate surface area is 155 Å². The van der Waals surface area contributed by atoms with Gasteiger partial charge in [0.05, 0.1) is 15.6 Å². The Balaban J connectivity index is 1.84. The van der Waals surface area contributed by atoms with Gasteiger partial charge >= 0.3 is 0 Å². The van der Waals surface area contributed by atoms with E-state index < -0.39 is 15.9 Å². The molecule has 1 heterocycles. The van der Waals surface area contributed by atoms with Gasteiger partial charge in [-0.1, -0.05) is 35.0 Å². The third-order valence-corrected chi connectivity index (χ3v) is 5.09. The molecule has 0 aliphatic carbocycles. The molecule has 0 saturated heterocycles. The minimum atomic E-state index is -3.91. The summed E-state index contributed by atoms with van der Waals surface area (Å²) in [6, 6.07) is 13.6. The summed E-state index contributed by atoms with van der Waals surface area (Å²) in [5.41, 5.74) is 0.412. The van der Waals surface area contributed by atoms with Gasteiger partial charge < -0.3 is 9.84 Å². The molecule has 1 amide bonds. The molecule has 2 aromatic carbocycles. The van der Waals surface area contributed by atoms with E-state index in [1.165, 1.54) is 24.3 Å². The van der Waals surface area contributed by atoms with Gasteiger partial charge in [0, 0.05) is 11.6 Å². The number of aryl methyl sites for hydroxylation is 1. The molecule has 7 nitrogen and oxygen atoms in total. The van der Waals surface area contributed by atoms with Crippen molar-refractivity contribution < 1.29 is 17.7 Å². The van der Waals surface area contributed by atoms with Gasteiger partial charge in [-0.05, 0) is 37.3 Å². The van der Waals surface area contributed by atoms with Crippen molar-refractivity contribution in [2.45, 2.75) is 11.8 Å². The Morgan fingerprint density at radius 2 is 1.88 bits per heavy atom. The minimum absolute atomic E-state index is 0.0681. The van der Waals surface area contributed by atoms with Crippen LogP contribution in [0.5, 0.6) is 0 Å². The summed E-state index contributed by atoms with van der Waals surface area (Å²) in [7, 11) is -3.91. The van der Waals surface area contributed by atoms with Gasteiger partial charge in [-0.2, -0.15) is 0 Å². The van der Waals surface area contributed by atoms with Gasteiger partial charge in [0.25, 0.3) is 15.9 Å². The number of halogens is 1. The second kappa shape index (κ2) is 7.19. The average Bonchev–Trinajstić information content (AvgIpc) is 3.02. The quantitative estimate of drug-likeness (QED) is 0.690. The van der Waals surface area contributed by atoms with E-state index in [0.29, 0.717) is 5.76 Å². The van der Waals surface area contributed by atoms with E-state index >= 15 is 0 Å². The van der Waals surface area contributed by atoms with Crippen molar-refractivity contribution in [3.05, 3.63) is 70.9 Å². The number of anilines is 2. The van der Waals surface area contributed by atoms with E-state index in [0.717, 1.165) is 0 Å². The molecule has 0 bridgehead atoms. The highest BCUT2D eigenvalue weighted by Crippen LogP contribution is 2.24. The van der Waals surface area contributed by atoms with Gasteiger partial charge in [-0.25, -0.2) is 8.42 Å². The predicted octanol–water partition coefficient (Wildman–Crippen LogP) is 3.69. The van der Waals surface area contributed by atoms with Crippen LogP contribution in [0.3, 0.4) is 0 Å². The summed E-state index contributed by atoms with van der Waals surface area (Å²) in [4.78, 5) is 12.2. The Bertz CT molecular complexity index is 1060. The summed E-state index contributed by atoms with van der Waals surface area (Å²) in [6.07, 6.45) is 0. The number of benzene rings is 2. The maximum absolute atomic E-state index is 12.6. The lowest BCUT2D eigenvalue weighted by molar-refractivity contribution is 0.102. The van der Waals surface area contributed by atoms with Crippen molar-refractivity contribution in [2.24, 2.45) is 0 Å². The molecule has 0 atom stereocenters. The van der Waals surface area contributed by atoms with E-state index in [1.807, 2.05) is 0 Å². The first-order valence-electron chi connectivity index (χ1n) is 7.47. The standard InChI is InChI=1S/C17H14ClN3O4S/c1-11-9-16(20-25-11)19-17(22)12-5-4-6-13(10-12)26(23,24)21-15-8-3-2-7-14(15)18/h2-10,21H,1H3,(H,19,20,22). The number of nitrogens with one attached hydrogen (secondary N) is 2. The first kappa shape index (κ1) is 18.0. The zero-order valence-electron chi connectivity index (χ0n) is 13.6. The van der Waals surface area contributed by atoms with Crippen molar-refractivity contribution in [2.75, 3.05) is 10.0 Å². The van der Waals surface area contributed by atoms with E-state index in [-0.39, 0.29) is 27.0 Å². The molecule has 0 aliphatic rings. The van der Waals surface area contributed by atoms with Crippen molar-refractivity contribution in [1.82, 2.24) is 5.16 Å². The lowest BCUT2D eigenvalue weighted by Gasteiger charge is -2.10. The molecule has 0 saturated carbocycles. The zero-order chi connectivity index (χ0) is 18.7. The van der Waals surface area contributed by atoms with Crippen LogP contribution in [0.25, 0.3) is 0 Å². The van der Waals surface area contributed by atoms with Crippen molar-refractivity contribution in [1.29, 1.82) is 0 Å². The van der Waals surface area contributed by atoms with Crippen molar-refractivity contribution >= 4 is 39.0 Å². The largest absolute Gasteiger partial charge is 0.360 e. The molecule has 1 aromatic heterocycles. The van der Waals surface area contributed by atoms with Crippen LogP contribution in [-0.2, 0) is 10.0 Å². The molecular formula is C17H14ClN3O4S. The molecule has 0 spiro atoms. The van der Waals surface area contributed by atoms with Crippen LogP contribution < -0.4 is 10.0 Å². The van der Waals surface area contributed by atoms with Gasteiger partial charge in [-0.15, -0.1) is 0 Å². The summed E-state index contributed by atoms with van der Waals surface area (Å²) < 4.78 is 32.4. The molecule has 3 rings (SSSR count). The number of amides is 1. The second-order valence-corrected chi connectivity index (χ2v) is 7.48. The summed E-state index contributed by atoms with van der Waals surface area (Å²) >= 11 is 5.98. The Hall–Kier alpha value is -2.84. The maximum atomic E-state index is 12.6. The van der Waals surface area contributed by atoms with Crippen LogP contribution in [0.15, 0.2) is 64.0 Å². The molecule has 0 aliphatic heterocycles. The Morgan fingerprint density at radius 1 is 1.12 bits per heavy atom. The highest BCUT2D eigenvalue weighted by Gasteiger charge is 2.18. The number of hydrogen-bond donors (Lipinski definition) is 2. The third-order valence-electron chi connectivity index (χ3n) is 3.39. The highest BCUT2D eigenvalue weighted by molar-refractivity contribution is 7.92. The fourth-order valence-electron chi connectivity index (χ4n) is 2.17. The van der Waals surface area contributed by atoms with Gasteiger partial charge in [0.15, 0.2) is 5.82 Å². The monoisotopic (exact) mass is 391 g/mol. The van der Waals surface area contributed by atoms with Crippen molar-refractivity contribution in [3.63, 3.8) is 0 Å². The summed E-state index contributed by atoms with van der Waals surface area (Å²) in [6.45, 7) is 1.69. The summed E-state index contributed by atoms with van der Waals surface area (Å²) in [5, 5.41) is 6.47. The van der Waals surface area contributed by atoms with Crippen LogP contribution in [0.1, 0.15) is 16.1 Å². The Morgan fingerprint density at radius 3 is 2.58 bits per heavy atom. The number of hydrogen-bond acceptors (Lipinski definition) is 5. The second-order valence-electron chi connectivity index (χ2n) is 5.39. The molecular weight excluding hydrogens is 378 g/mol. The lowest BCUT2D eigenvalue weighted by atomic mass is 10.2. The van der Waals surface area contributed by atoms with Crippen LogP contribution in [0.4, 0.5) is 11.5 Å². The molecule has 0 unspecified atom stereocenters. The predicted molar refractivity (Wildman–Crippen MR) is 97.9 cm³/mol. The molecule has 9 heteroatoms. The average molecular weight is 392 g/mol. The van der Waals surface area contributed by atoms with E-state index in [1.54, 1.807) is 37.3 Å². The lowest BCUT2D eigenvalue weighted by Crippen LogP contribution is -2.16. The van der Waals surface area contributed by atoms with Crippen LogP contribution in [-0.4, -0.2) is 19.5 Å². The minimum Gasteiger partial charge on any atom is -0.360 e. The molecule has 134 valence electrons. The van der Waals surface area contributed by atoms with E-state index in [4.69, 9.17) is 16.1 Å². The normalized spacial score (nSPS) is 11.2. The number of sulfonamides is 1. The number of carbonyl (C=O) groups excluding carboxylic acids is 1. The number of nitrogens with zero attached hydrogens (tertiary/aromatic N) is 1. The molecule has 3 aromatic rings. The fraction of sp³-hybridized carbons (Fsp3) is 0.0588. The summed E-state index contributed by atoms with van der Waals surface area (Å²) in [5.74, 6) is 0.281. The SMILES string of the molecule is Cc1cc(NC(=O)c2cccc(S(=O)(=O)Nc3ccccc3Cl)c2)no1. The molecule has 26 heavy (non-hydrogen) atoms. The zero-order valence-corrected chi connectivity index (χ0v) is 15.1. The van der Waals surface area contributed by atoms with E-state index in [2.05, 4.69) is 15.2 Å². The van der Waals surface area contributed by atoms with E-state index in [9.17, 15) is 13.2 Å². The van der Waals surface area contributed by atoms with Crippen molar-refractivity contribution in [3.8, 4) is 0 Å². The number of para-hydroxylation sites is 1. The third kappa shape index (κ3) is 4.04. The first-order valence-corrected chi connectivity index (χ1v) is 9.33. The number of rotatable bonds is 5. The highest BCUT2D eigenvalue weighted by atomic mass is 35.5. The van der Waals surface area contributed by atoms with Crippen LogP contribution in [0.2, 0.25) is 5.02 Å². The van der Waals surface area contributed by atoms with Crippen LogP contribution in [0, 0.1) is 6.92 Å². The molecule has 2 N–H and O–H groups in total. The molecule has 0 radical (unpaired) electrons. The first-order chi connectivity index (χ1) is 12.3. The number of carbonyl (C=O) groups is 1. The van der Waals surface area contributed by atoms with Gasteiger partial charge in [-0.3, -0.25) is 9.52 Å². The maximum Gasteiger partial charge on any atom is 0.261 e. The molecule has 0 fully saturated rings. The number of aromatic nitrogens is 1. The Kier molecular flexibility index (Phi) is 4.97. The van der Waals surface area contributed by atoms with Gasteiger partial charge in [0.1, 0.15) is 5.76 Å². The fourth-order valence-corrected chi connectivity index (χ4v) is 3.53.